The fourth-order valence-electron chi connectivity index (χ4n) is 3.45. The van der Waals surface area contributed by atoms with Crippen LogP contribution in [0.3, 0.4) is 0 Å². The Labute approximate surface area is 206 Å². The Hall–Kier alpha value is -3.56. The highest BCUT2D eigenvalue weighted by Gasteiger charge is 2.23. The highest BCUT2D eigenvalue weighted by molar-refractivity contribution is 7.89. The van der Waals surface area contributed by atoms with Gasteiger partial charge >= 0.3 is 0 Å². The molecule has 0 saturated heterocycles. The van der Waals surface area contributed by atoms with Crippen LogP contribution in [-0.4, -0.2) is 46.5 Å². The molecule has 1 N–H and O–H groups in total. The van der Waals surface area contributed by atoms with Crippen molar-refractivity contribution in [3.8, 4) is 17.2 Å². The molecule has 0 unspecified atom stereocenters. The molecule has 0 spiro atoms. The number of rotatable bonds is 10. The van der Waals surface area contributed by atoms with E-state index in [-0.39, 0.29) is 17.3 Å². The molecule has 0 aliphatic carbocycles. The third kappa shape index (κ3) is 6.12. The van der Waals surface area contributed by atoms with Crippen molar-refractivity contribution in [1.82, 2.24) is 4.31 Å². The first-order valence-electron chi connectivity index (χ1n) is 11.0. The topological polar surface area (TPSA) is 94.2 Å². The molecule has 8 nitrogen and oxygen atoms in total. The van der Waals surface area contributed by atoms with Gasteiger partial charge in [0.1, 0.15) is 17.2 Å². The number of carbonyl (C=O) groups excluding carboxylic acids is 1. The predicted molar refractivity (Wildman–Crippen MR) is 135 cm³/mol. The summed E-state index contributed by atoms with van der Waals surface area (Å²) >= 11 is 0. The minimum atomic E-state index is -3.73. The van der Waals surface area contributed by atoms with Gasteiger partial charge in [-0.2, -0.15) is 4.31 Å². The van der Waals surface area contributed by atoms with E-state index < -0.39 is 10.0 Å². The SMILES string of the molecule is CCOc1ccc(C(=O)Nc2ccc(OC)cc2OC)cc1CN(C)S(=O)(=O)c1ccc(C)cc1. The molecule has 35 heavy (non-hydrogen) atoms. The van der Waals surface area contributed by atoms with Crippen molar-refractivity contribution in [2.24, 2.45) is 0 Å². The number of hydrogen-bond donors (Lipinski definition) is 1. The van der Waals surface area contributed by atoms with Crippen molar-refractivity contribution >= 4 is 21.6 Å². The van der Waals surface area contributed by atoms with Gasteiger partial charge in [0.25, 0.3) is 5.91 Å². The van der Waals surface area contributed by atoms with Gasteiger partial charge in [-0.25, -0.2) is 8.42 Å². The average molecular weight is 499 g/mol. The number of nitrogens with one attached hydrogen (secondary N) is 1. The van der Waals surface area contributed by atoms with E-state index in [1.165, 1.54) is 18.5 Å². The van der Waals surface area contributed by atoms with Gasteiger partial charge in [-0.05, 0) is 56.3 Å². The quantitative estimate of drug-likeness (QED) is 0.443. The van der Waals surface area contributed by atoms with E-state index in [1.807, 2.05) is 13.8 Å². The molecule has 3 aromatic rings. The number of carbonyl (C=O) groups is 1. The summed E-state index contributed by atoms with van der Waals surface area (Å²) in [4.78, 5) is 13.2. The van der Waals surface area contributed by atoms with E-state index >= 15 is 0 Å². The molecule has 186 valence electrons. The van der Waals surface area contributed by atoms with Crippen molar-refractivity contribution in [2.75, 3.05) is 33.2 Å². The number of amides is 1. The second-order valence-corrected chi connectivity index (χ2v) is 9.89. The maximum Gasteiger partial charge on any atom is 0.255 e. The summed E-state index contributed by atoms with van der Waals surface area (Å²) in [5.74, 6) is 1.19. The van der Waals surface area contributed by atoms with Crippen molar-refractivity contribution in [3.63, 3.8) is 0 Å². The first-order valence-corrected chi connectivity index (χ1v) is 12.5. The number of sulfonamides is 1. The average Bonchev–Trinajstić information content (AvgIpc) is 2.85. The molecule has 9 heteroatoms. The number of anilines is 1. The minimum Gasteiger partial charge on any atom is -0.497 e. The van der Waals surface area contributed by atoms with Crippen LogP contribution in [0.2, 0.25) is 0 Å². The minimum absolute atomic E-state index is 0.0263. The lowest BCUT2D eigenvalue weighted by Crippen LogP contribution is -2.27. The Balaban J connectivity index is 1.88. The lowest BCUT2D eigenvalue weighted by molar-refractivity contribution is 0.102. The van der Waals surface area contributed by atoms with E-state index in [2.05, 4.69) is 5.32 Å². The number of methoxy groups -OCH3 is 2. The van der Waals surface area contributed by atoms with E-state index in [0.29, 0.717) is 40.7 Å². The maximum absolute atomic E-state index is 13.1. The van der Waals surface area contributed by atoms with Gasteiger partial charge in [0.15, 0.2) is 0 Å². The fraction of sp³-hybridized carbons (Fsp3) is 0.269. The molecule has 0 radical (unpaired) electrons. The molecule has 0 saturated carbocycles. The zero-order valence-corrected chi connectivity index (χ0v) is 21.3. The van der Waals surface area contributed by atoms with Gasteiger partial charge in [0.2, 0.25) is 10.0 Å². The van der Waals surface area contributed by atoms with Gasteiger partial charge in [0, 0.05) is 30.8 Å². The van der Waals surface area contributed by atoms with Crippen LogP contribution in [0, 0.1) is 6.92 Å². The monoisotopic (exact) mass is 498 g/mol. The summed E-state index contributed by atoms with van der Waals surface area (Å²) in [6, 6.07) is 16.7. The molecule has 0 heterocycles. The van der Waals surface area contributed by atoms with Gasteiger partial charge in [-0.15, -0.1) is 0 Å². The predicted octanol–water partition coefficient (Wildman–Crippen LogP) is 4.48. The Morgan fingerprint density at radius 2 is 1.66 bits per heavy atom. The van der Waals surface area contributed by atoms with E-state index in [1.54, 1.807) is 67.8 Å². The summed E-state index contributed by atoms with van der Waals surface area (Å²) in [5.41, 5.74) is 2.37. The highest BCUT2D eigenvalue weighted by Crippen LogP contribution is 2.30. The van der Waals surface area contributed by atoms with Gasteiger partial charge in [-0.3, -0.25) is 4.79 Å². The summed E-state index contributed by atoms with van der Waals surface area (Å²) in [5, 5.41) is 2.83. The Bertz CT molecular complexity index is 1290. The summed E-state index contributed by atoms with van der Waals surface area (Å²) in [6.07, 6.45) is 0. The molecule has 0 atom stereocenters. The van der Waals surface area contributed by atoms with E-state index in [4.69, 9.17) is 14.2 Å². The van der Waals surface area contributed by atoms with Crippen molar-refractivity contribution < 1.29 is 27.4 Å². The molecular formula is C26H30N2O6S. The number of benzene rings is 3. The van der Waals surface area contributed by atoms with Crippen molar-refractivity contribution in [1.29, 1.82) is 0 Å². The summed E-state index contributed by atoms with van der Waals surface area (Å²) < 4.78 is 43.6. The van der Waals surface area contributed by atoms with Gasteiger partial charge in [-0.1, -0.05) is 17.7 Å². The number of ether oxygens (including phenoxy) is 3. The van der Waals surface area contributed by atoms with Crippen LogP contribution in [0.4, 0.5) is 5.69 Å². The molecule has 0 aliphatic rings. The highest BCUT2D eigenvalue weighted by atomic mass is 32.2. The Morgan fingerprint density at radius 3 is 2.29 bits per heavy atom. The first kappa shape index (κ1) is 26.1. The smallest absolute Gasteiger partial charge is 0.255 e. The van der Waals surface area contributed by atoms with E-state index in [0.717, 1.165) is 5.56 Å². The van der Waals surface area contributed by atoms with Gasteiger partial charge in [0.05, 0.1) is 31.4 Å². The van der Waals surface area contributed by atoms with Crippen LogP contribution < -0.4 is 19.5 Å². The molecular weight excluding hydrogens is 468 g/mol. The standard InChI is InChI=1S/C26H30N2O6S/c1-6-34-24-14-9-19(26(29)27-23-13-10-21(32-4)16-25(23)33-5)15-20(24)17-28(3)35(30,31)22-11-7-18(2)8-12-22/h7-16H,6,17H2,1-5H3,(H,27,29). The zero-order valence-electron chi connectivity index (χ0n) is 20.5. The molecule has 3 rings (SSSR count). The summed E-state index contributed by atoms with van der Waals surface area (Å²) in [6.45, 7) is 4.16. The third-order valence-corrected chi connectivity index (χ3v) is 7.22. The van der Waals surface area contributed by atoms with Crippen LogP contribution in [0.15, 0.2) is 65.6 Å². The van der Waals surface area contributed by atoms with Crippen molar-refractivity contribution in [2.45, 2.75) is 25.3 Å². The zero-order chi connectivity index (χ0) is 25.6. The number of nitrogens with zero attached hydrogens (tertiary/aromatic N) is 1. The largest absolute Gasteiger partial charge is 0.497 e. The van der Waals surface area contributed by atoms with Crippen molar-refractivity contribution in [3.05, 3.63) is 77.4 Å². The van der Waals surface area contributed by atoms with Gasteiger partial charge < -0.3 is 19.5 Å². The number of aryl methyl sites for hydroxylation is 1. The van der Waals surface area contributed by atoms with Crippen LogP contribution in [0.5, 0.6) is 17.2 Å². The molecule has 3 aromatic carbocycles. The molecule has 0 bridgehead atoms. The Morgan fingerprint density at radius 1 is 0.943 bits per heavy atom. The lowest BCUT2D eigenvalue weighted by Gasteiger charge is -2.20. The van der Waals surface area contributed by atoms with Crippen LogP contribution in [0.1, 0.15) is 28.4 Å². The fourth-order valence-corrected chi connectivity index (χ4v) is 4.60. The molecule has 1 amide bonds. The van der Waals surface area contributed by atoms with Crippen LogP contribution in [-0.2, 0) is 16.6 Å². The lowest BCUT2D eigenvalue weighted by atomic mass is 10.1. The van der Waals surface area contributed by atoms with E-state index in [9.17, 15) is 13.2 Å². The van der Waals surface area contributed by atoms with Crippen LogP contribution in [0.25, 0.3) is 0 Å². The molecule has 0 aliphatic heterocycles. The summed E-state index contributed by atoms with van der Waals surface area (Å²) in [7, 11) is 0.816. The normalized spacial score (nSPS) is 11.3. The Kier molecular flexibility index (Phi) is 8.37. The second kappa shape index (κ2) is 11.2. The first-order chi connectivity index (χ1) is 16.7. The third-order valence-electron chi connectivity index (χ3n) is 5.40. The molecule has 0 aromatic heterocycles. The maximum atomic E-state index is 13.1. The number of hydrogen-bond acceptors (Lipinski definition) is 6. The van der Waals surface area contributed by atoms with Crippen LogP contribution >= 0.6 is 0 Å². The second-order valence-electron chi connectivity index (χ2n) is 7.85. The molecule has 0 fully saturated rings.